The van der Waals surface area contributed by atoms with Gasteiger partial charge in [0.1, 0.15) is 5.75 Å². The van der Waals surface area contributed by atoms with Gasteiger partial charge in [-0.15, -0.1) is 0 Å². The van der Waals surface area contributed by atoms with Gasteiger partial charge in [-0.1, -0.05) is 47.5 Å². The molecule has 3 aromatic rings. The second-order valence-corrected chi connectivity index (χ2v) is 6.84. The fourth-order valence-electron chi connectivity index (χ4n) is 2.55. The maximum Gasteiger partial charge on any atom is 0.276 e. The number of nitrogens with zero attached hydrogens (tertiary/aromatic N) is 2. The number of rotatable bonds is 7. The summed E-state index contributed by atoms with van der Waals surface area (Å²) in [6.07, 6.45) is 1.28. The summed E-state index contributed by atoms with van der Waals surface area (Å²) >= 11 is 6.08. The van der Waals surface area contributed by atoms with E-state index in [2.05, 4.69) is 26.1 Å². The highest BCUT2D eigenvalue weighted by molar-refractivity contribution is 6.34. The summed E-state index contributed by atoms with van der Waals surface area (Å²) in [5.74, 6) is -0.353. The monoisotopic (exact) mass is 425 g/mol. The third kappa shape index (κ3) is 5.68. The molecular formula is C21H20ClN5O3. The standard InChI is InChI=1S/C21H20ClN5O3/c1-13-8-9-17(14(2)10-13)24-20(29)19-16(22)11-23-21(25-19)27-26-18(28)12-30-15-6-4-3-5-7-15/h3-11H,12H2,1-2H3,(H,24,29)(H,26,28)(H,23,25,27). The molecule has 9 heteroatoms. The number of aryl methyl sites for hydroxylation is 2. The molecule has 0 saturated heterocycles. The number of hydrazine groups is 1. The molecule has 2 amide bonds. The number of ether oxygens (including phenoxy) is 1. The van der Waals surface area contributed by atoms with Gasteiger partial charge in [-0.3, -0.25) is 20.4 Å². The number of carbonyl (C=O) groups excluding carboxylic acids is 2. The molecule has 0 aliphatic heterocycles. The Bertz CT molecular complexity index is 1060. The molecule has 0 atom stereocenters. The molecule has 0 bridgehead atoms. The first-order chi connectivity index (χ1) is 14.4. The lowest BCUT2D eigenvalue weighted by atomic mass is 10.1. The van der Waals surface area contributed by atoms with E-state index in [9.17, 15) is 9.59 Å². The van der Waals surface area contributed by atoms with Crippen LogP contribution in [0.15, 0.2) is 54.7 Å². The van der Waals surface area contributed by atoms with Crippen LogP contribution in [0.3, 0.4) is 0 Å². The molecule has 1 heterocycles. The number of hydrogen-bond acceptors (Lipinski definition) is 6. The van der Waals surface area contributed by atoms with Gasteiger partial charge >= 0.3 is 0 Å². The smallest absolute Gasteiger partial charge is 0.276 e. The van der Waals surface area contributed by atoms with E-state index < -0.39 is 11.8 Å². The Morgan fingerprint density at radius 3 is 2.60 bits per heavy atom. The van der Waals surface area contributed by atoms with E-state index in [-0.39, 0.29) is 23.3 Å². The summed E-state index contributed by atoms with van der Waals surface area (Å²) in [5.41, 5.74) is 7.58. The lowest BCUT2D eigenvalue weighted by molar-refractivity contribution is -0.122. The average molecular weight is 426 g/mol. The van der Waals surface area contributed by atoms with Crippen molar-refractivity contribution in [3.63, 3.8) is 0 Å². The molecule has 0 fully saturated rings. The summed E-state index contributed by atoms with van der Waals surface area (Å²) in [7, 11) is 0. The maximum atomic E-state index is 12.6. The summed E-state index contributed by atoms with van der Waals surface area (Å²) in [5, 5.41) is 2.86. The lowest BCUT2D eigenvalue weighted by Gasteiger charge is -2.11. The van der Waals surface area contributed by atoms with Crippen molar-refractivity contribution in [3.8, 4) is 5.75 Å². The summed E-state index contributed by atoms with van der Waals surface area (Å²) in [6, 6.07) is 14.6. The zero-order chi connectivity index (χ0) is 21.5. The largest absolute Gasteiger partial charge is 0.484 e. The van der Waals surface area contributed by atoms with E-state index in [1.165, 1.54) is 6.20 Å². The molecule has 0 aliphatic rings. The van der Waals surface area contributed by atoms with Crippen LogP contribution in [0.2, 0.25) is 5.02 Å². The van der Waals surface area contributed by atoms with Gasteiger partial charge in [0, 0.05) is 5.69 Å². The van der Waals surface area contributed by atoms with E-state index in [0.29, 0.717) is 11.4 Å². The van der Waals surface area contributed by atoms with E-state index in [1.807, 2.05) is 38.1 Å². The molecular weight excluding hydrogens is 406 g/mol. The second kappa shape index (κ2) is 9.71. The number of benzene rings is 2. The van der Waals surface area contributed by atoms with E-state index in [1.54, 1.807) is 24.3 Å². The van der Waals surface area contributed by atoms with Crippen LogP contribution in [0, 0.1) is 13.8 Å². The van der Waals surface area contributed by atoms with Gasteiger partial charge in [0.2, 0.25) is 5.95 Å². The minimum absolute atomic E-state index is 0.0123. The highest BCUT2D eigenvalue weighted by atomic mass is 35.5. The van der Waals surface area contributed by atoms with Crippen molar-refractivity contribution in [2.24, 2.45) is 0 Å². The van der Waals surface area contributed by atoms with Crippen LogP contribution in [0.25, 0.3) is 0 Å². The van der Waals surface area contributed by atoms with E-state index in [0.717, 1.165) is 11.1 Å². The van der Waals surface area contributed by atoms with Crippen LogP contribution in [0.4, 0.5) is 11.6 Å². The van der Waals surface area contributed by atoms with Crippen molar-refractivity contribution in [1.29, 1.82) is 0 Å². The van der Waals surface area contributed by atoms with Crippen molar-refractivity contribution >= 4 is 35.1 Å². The molecule has 0 spiro atoms. The Kier molecular flexibility index (Phi) is 6.82. The Balaban J connectivity index is 1.60. The van der Waals surface area contributed by atoms with E-state index in [4.69, 9.17) is 16.3 Å². The first-order valence-electron chi connectivity index (χ1n) is 9.06. The van der Waals surface area contributed by atoms with Crippen LogP contribution in [0.1, 0.15) is 21.6 Å². The Labute approximate surface area is 178 Å². The van der Waals surface area contributed by atoms with Crippen LogP contribution >= 0.6 is 11.6 Å². The fraction of sp³-hybridized carbons (Fsp3) is 0.143. The zero-order valence-electron chi connectivity index (χ0n) is 16.4. The quantitative estimate of drug-likeness (QED) is 0.500. The molecule has 0 radical (unpaired) electrons. The van der Waals surface area contributed by atoms with Crippen molar-refractivity contribution in [3.05, 3.63) is 76.6 Å². The minimum atomic E-state index is -0.490. The Hall–Kier alpha value is -3.65. The first kappa shape index (κ1) is 21.1. The van der Waals surface area contributed by atoms with Crippen molar-refractivity contribution in [1.82, 2.24) is 15.4 Å². The molecule has 154 valence electrons. The predicted molar refractivity (Wildman–Crippen MR) is 115 cm³/mol. The highest BCUT2D eigenvalue weighted by Gasteiger charge is 2.16. The topological polar surface area (TPSA) is 105 Å². The van der Waals surface area contributed by atoms with Crippen LogP contribution < -0.4 is 20.9 Å². The number of nitrogens with one attached hydrogen (secondary N) is 3. The molecule has 3 N–H and O–H groups in total. The van der Waals surface area contributed by atoms with Gasteiger partial charge in [-0.25, -0.2) is 9.97 Å². The van der Waals surface area contributed by atoms with Crippen LogP contribution in [-0.4, -0.2) is 28.4 Å². The van der Waals surface area contributed by atoms with E-state index >= 15 is 0 Å². The molecule has 0 aliphatic carbocycles. The second-order valence-electron chi connectivity index (χ2n) is 6.44. The SMILES string of the molecule is Cc1ccc(NC(=O)c2nc(NNC(=O)COc3ccccc3)ncc2Cl)c(C)c1. The van der Waals surface area contributed by atoms with Crippen molar-refractivity contribution < 1.29 is 14.3 Å². The summed E-state index contributed by atoms with van der Waals surface area (Å²) in [6.45, 7) is 3.66. The van der Waals surface area contributed by atoms with Gasteiger partial charge < -0.3 is 10.1 Å². The van der Waals surface area contributed by atoms with Gasteiger partial charge in [0.05, 0.1) is 11.2 Å². The van der Waals surface area contributed by atoms with Gasteiger partial charge in [-0.2, -0.15) is 0 Å². The lowest BCUT2D eigenvalue weighted by Crippen LogP contribution is -2.34. The van der Waals surface area contributed by atoms with Gasteiger partial charge in [0.25, 0.3) is 11.8 Å². The number of aromatic nitrogens is 2. The van der Waals surface area contributed by atoms with Crippen LogP contribution in [0.5, 0.6) is 5.75 Å². The third-order valence-electron chi connectivity index (χ3n) is 4.02. The fourth-order valence-corrected chi connectivity index (χ4v) is 2.73. The molecule has 0 saturated carbocycles. The number of halogens is 1. The predicted octanol–water partition coefficient (Wildman–Crippen LogP) is 3.52. The molecule has 1 aromatic heterocycles. The van der Waals surface area contributed by atoms with Gasteiger partial charge in [0.15, 0.2) is 12.3 Å². The Morgan fingerprint density at radius 1 is 1.10 bits per heavy atom. The number of amides is 2. The number of anilines is 2. The zero-order valence-corrected chi connectivity index (χ0v) is 17.2. The number of hydrogen-bond donors (Lipinski definition) is 3. The molecule has 0 unspecified atom stereocenters. The summed E-state index contributed by atoms with van der Waals surface area (Å²) in [4.78, 5) is 32.6. The minimum Gasteiger partial charge on any atom is -0.484 e. The number of para-hydroxylation sites is 1. The average Bonchev–Trinajstić information content (AvgIpc) is 2.74. The van der Waals surface area contributed by atoms with Gasteiger partial charge in [-0.05, 0) is 37.6 Å². The first-order valence-corrected chi connectivity index (χ1v) is 9.44. The molecule has 30 heavy (non-hydrogen) atoms. The molecule has 2 aromatic carbocycles. The molecule has 8 nitrogen and oxygen atoms in total. The normalized spacial score (nSPS) is 10.2. The molecule has 3 rings (SSSR count). The highest BCUT2D eigenvalue weighted by Crippen LogP contribution is 2.19. The van der Waals surface area contributed by atoms with Crippen LogP contribution in [-0.2, 0) is 4.79 Å². The third-order valence-corrected chi connectivity index (χ3v) is 4.29. The Morgan fingerprint density at radius 2 is 1.87 bits per heavy atom. The van der Waals surface area contributed by atoms with Crippen molar-refractivity contribution in [2.75, 3.05) is 17.3 Å². The maximum absolute atomic E-state index is 12.6. The van der Waals surface area contributed by atoms with Crippen molar-refractivity contribution in [2.45, 2.75) is 13.8 Å². The summed E-state index contributed by atoms with van der Waals surface area (Å²) < 4.78 is 5.35. The number of carbonyl (C=O) groups is 2.